The first-order chi connectivity index (χ1) is 9.35. The van der Waals surface area contributed by atoms with E-state index in [4.69, 9.17) is 9.72 Å². The summed E-state index contributed by atoms with van der Waals surface area (Å²) in [5, 5.41) is 6.81. The van der Waals surface area contributed by atoms with Crippen LogP contribution in [0.2, 0.25) is 0 Å². The number of nitrogens with zero attached hydrogens (tertiary/aromatic N) is 2. The van der Waals surface area contributed by atoms with Crippen molar-refractivity contribution >= 4 is 11.3 Å². The fourth-order valence-electron chi connectivity index (χ4n) is 2.31. The average Bonchev–Trinajstić information content (AvgIpc) is 3.10. The average molecular weight is 275 g/mol. The second kappa shape index (κ2) is 5.67. The number of thiazole rings is 1. The molecule has 1 N–H and O–H groups in total. The molecule has 2 aromatic heterocycles. The molecule has 2 aromatic rings. The molecule has 0 saturated carbocycles. The zero-order valence-corrected chi connectivity index (χ0v) is 11.7. The van der Waals surface area contributed by atoms with E-state index in [1.54, 1.807) is 18.4 Å². The lowest BCUT2D eigenvalue weighted by molar-refractivity contribution is 0.397. The summed E-state index contributed by atoms with van der Waals surface area (Å²) >= 11 is 1.73. The van der Waals surface area contributed by atoms with Crippen molar-refractivity contribution in [2.75, 3.05) is 13.7 Å². The second-order valence-electron chi connectivity index (χ2n) is 4.70. The van der Waals surface area contributed by atoms with Crippen molar-refractivity contribution in [2.45, 2.75) is 25.3 Å². The molecule has 3 rings (SSSR count). The molecule has 0 unspecified atom stereocenters. The van der Waals surface area contributed by atoms with E-state index < -0.39 is 0 Å². The van der Waals surface area contributed by atoms with Crippen LogP contribution in [0.15, 0.2) is 23.7 Å². The van der Waals surface area contributed by atoms with Crippen molar-refractivity contribution in [3.63, 3.8) is 0 Å². The topological polar surface area (TPSA) is 47.0 Å². The van der Waals surface area contributed by atoms with Gasteiger partial charge in [0, 0.05) is 24.1 Å². The molecule has 1 saturated heterocycles. The molecule has 5 heteroatoms. The molecular formula is C14H17N3OS. The van der Waals surface area contributed by atoms with E-state index in [1.807, 2.05) is 18.3 Å². The molecule has 4 nitrogen and oxygen atoms in total. The number of hydrogen-bond donors (Lipinski definition) is 1. The lowest BCUT2D eigenvalue weighted by Crippen LogP contribution is -2.13. The molecular weight excluding hydrogens is 258 g/mol. The summed E-state index contributed by atoms with van der Waals surface area (Å²) in [6, 6.07) is 4.39. The van der Waals surface area contributed by atoms with Crippen LogP contribution in [0, 0.1) is 0 Å². The molecule has 0 spiro atoms. The highest BCUT2D eigenvalue weighted by Gasteiger charge is 2.18. The second-order valence-corrected chi connectivity index (χ2v) is 5.64. The van der Waals surface area contributed by atoms with Gasteiger partial charge in [0.2, 0.25) is 5.88 Å². The lowest BCUT2D eigenvalue weighted by Gasteiger charge is -2.05. The van der Waals surface area contributed by atoms with Crippen molar-refractivity contribution in [3.05, 3.63) is 40.0 Å². The first kappa shape index (κ1) is 12.6. The Balaban J connectivity index is 1.68. The van der Waals surface area contributed by atoms with E-state index in [0.717, 1.165) is 18.0 Å². The van der Waals surface area contributed by atoms with Gasteiger partial charge in [-0.3, -0.25) is 0 Å². The maximum absolute atomic E-state index is 5.06. The van der Waals surface area contributed by atoms with E-state index >= 15 is 0 Å². The Hall–Kier alpha value is -1.46. The number of ether oxygens (including phenoxy) is 1. The summed E-state index contributed by atoms with van der Waals surface area (Å²) in [4.78, 5) is 8.95. The van der Waals surface area contributed by atoms with Gasteiger partial charge in [0.25, 0.3) is 0 Å². The standard InChI is InChI=1S/C14H17N3OS/c1-18-13-5-4-10(8-16-13)7-14-17-12(9-19-14)11-3-2-6-15-11/h4-5,8-9,11,15H,2-3,6-7H2,1H3/t11-/m0/s1. The molecule has 1 aliphatic rings. The van der Waals surface area contributed by atoms with Crippen LogP contribution in [0.1, 0.15) is 35.1 Å². The van der Waals surface area contributed by atoms with Gasteiger partial charge in [0.05, 0.1) is 23.9 Å². The fraction of sp³-hybridized carbons (Fsp3) is 0.429. The third-order valence-electron chi connectivity index (χ3n) is 3.35. The predicted octanol–water partition coefficient (Wildman–Crippen LogP) is 2.56. The minimum absolute atomic E-state index is 0.457. The van der Waals surface area contributed by atoms with Gasteiger partial charge in [0.1, 0.15) is 0 Å². The van der Waals surface area contributed by atoms with Crippen LogP contribution < -0.4 is 10.1 Å². The summed E-state index contributed by atoms with van der Waals surface area (Å²) in [5.41, 5.74) is 2.36. The van der Waals surface area contributed by atoms with E-state index in [-0.39, 0.29) is 0 Å². The highest BCUT2D eigenvalue weighted by atomic mass is 32.1. The normalized spacial score (nSPS) is 18.7. The zero-order valence-electron chi connectivity index (χ0n) is 10.9. The van der Waals surface area contributed by atoms with Gasteiger partial charge in [0.15, 0.2) is 0 Å². The largest absolute Gasteiger partial charge is 0.481 e. The van der Waals surface area contributed by atoms with Gasteiger partial charge in [-0.15, -0.1) is 11.3 Å². The van der Waals surface area contributed by atoms with E-state index in [2.05, 4.69) is 15.7 Å². The Kier molecular flexibility index (Phi) is 3.75. The van der Waals surface area contributed by atoms with Crippen molar-refractivity contribution in [2.24, 2.45) is 0 Å². The van der Waals surface area contributed by atoms with Crippen LogP contribution in [0.5, 0.6) is 5.88 Å². The first-order valence-electron chi connectivity index (χ1n) is 6.52. The van der Waals surface area contributed by atoms with Crippen molar-refractivity contribution in [3.8, 4) is 5.88 Å². The molecule has 19 heavy (non-hydrogen) atoms. The number of pyridine rings is 1. The maximum atomic E-state index is 5.06. The number of nitrogens with one attached hydrogen (secondary N) is 1. The van der Waals surface area contributed by atoms with Crippen molar-refractivity contribution < 1.29 is 4.74 Å². The Labute approximate surface area is 116 Å². The summed E-state index contributed by atoms with van der Waals surface area (Å²) in [5.74, 6) is 0.652. The minimum atomic E-state index is 0.457. The first-order valence-corrected chi connectivity index (χ1v) is 7.40. The minimum Gasteiger partial charge on any atom is -0.481 e. The molecule has 0 amide bonds. The quantitative estimate of drug-likeness (QED) is 0.931. The van der Waals surface area contributed by atoms with Gasteiger partial charge >= 0.3 is 0 Å². The summed E-state index contributed by atoms with van der Waals surface area (Å²) < 4.78 is 5.06. The van der Waals surface area contributed by atoms with Gasteiger partial charge in [-0.05, 0) is 24.9 Å². The number of aromatic nitrogens is 2. The SMILES string of the molecule is COc1ccc(Cc2nc([C@@H]3CCCN3)cs2)cn1. The molecule has 100 valence electrons. The number of methoxy groups -OCH3 is 1. The fourth-order valence-corrected chi connectivity index (χ4v) is 3.20. The van der Waals surface area contributed by atoms with Crippen LogP contribution in [0.4, 0.5) is 0 Å². The van der Waals surface area contributed by atoms with E-state index in [1.165, 1.54) is 24.1 Å². The van der Waals surface area contributed by atoms with E-state index in [0.29, 0.717) is 11.9 Å². The molecule has 3 heterocycles. The lowest BCUT2D eigenvalue weighted by atomic mass is 10.2. The Bertz CT molecular complexity index is 532. The maximum Gasteiger partial charge on any atom is 0.212 e. The summed E-state index contributed by atoms with van der Waals surface area (Å²) in [6.45, 7) is 1.11. The molecule has 1 aliphatic heterocycles. The molecule has 0 radical (unpaired) electrons. The predicted molar refractivity (Wildman–Crippen MR) is 75.7 cm³/mol. The Morgan fingerprint density at radius 1 is 1.47 bits per heavy atom. The van der Waals surface area contributed by atoms with Gasteiger partial charge in [-0.1, -0.05) is 6.07 Å². The summed E-state index contributed by atoms with van der Waals surface area (Å²) in [6.07, 6.45) is 5.15. The third-order valence-corrected chi connectivity index (χ3v) is 4.22. The highest BCUT2D eigenvalue weighted by molar-refractivity contribution is 7.09. The third kappa shape index (κ3) is 2.93. The van der Waals surface area contributed by atoms with Crippen molar-refractivity contribution in [1.29, 1.82) is 0 Å². The van der Waals surface area contributed by atoms with Crippen LogP contribution in [0.3, 0.4) is 0 Å². The van der Waals surface area contributed by atoms with E-state index in [9.17, 15) is 0 Å². The zero-order chi connectivity index (χ0) is 13.1. The van der Waals surface area contributed by atoms with Gasteiger partial charge < -0.3 is 10.1 Å². The summed E-state index contributed by atoms with van der Waals surface area (Å²) in [7, 11) is 1.63. The Morgan fingerprint density at radius 3 is 3.11 bits per heavy atom. The van der Waals surface area contributed by atoms with Crippen LogP contribution in [0.25, 0.3) is 0 Å². The van der Waals surface area contributed by atoms with Crippen molar-refractivity contribution in [1.82, 2.24) is 15.3 Å². The molecule has 1 fully saturated rings. The van der Waals surface area contributed by atoms with Crippen LogP contribution >= 0.6 is 11.3 Å². The number of hydrogen-bond acceptors (Lipinski definition) is 5. The number of rotatable bonds is 4. The van der Waals surface area contributed by atoms with Gasteiger partial charge in [-0.25, -0.2) is 9.97 Å². The molecule has 1 atom stereocenters. The Morgan fingerprint density at radius 2 is 2.42 bits per heavy atom. The molecule has 0 bridgehead atoms. The van der Waals surface area contributed by atoms with Crippen LogP contribution in [-0.2, 0) is 6.42 Å². The molecule has 0 aliphatic carbocycles. The van der Waals surface area contributed by atoms with Crippen LogP contribution in [-0.4, -0.2) is 23.6 Å². The monoisotopic (exact) mass is 275 g/mol. The highest BCUT2D eigenvalue weighted by Crippen LogP contribution is 2.25. The molecule has 0 aromatic carbocycles. The van der Waals surface area contributed by atoms with Gasteiger partial charge in [-0.2, -0.15) is 0 Å². The smallest absolute Gasteiger partial charge is 0.212 e.